The van der Waals surface area contributed by atoms with Gasteiger partial charge >= 0.3 is 0 Å². The Hall–Kier alpha value is -2.33. The summed E-state index contributed by atoms with van der Waals surface area (Å²) < 4.78 is 0. The van der Waals surface area contributed by atoms with Gasteiger partial charge in [0.1, 0.15) is 0 Å². The number of benzene rings is 2. The number of carbonyl (C=O) groups is 2. The number of unbranched alkanes of at least 4 members (excludes halogenated alkanes) is 10. The van der Waals surface area contributed by atoms with E-state index >= 15 is 0 Å². The van der Waals surface area contributed by atoms with Crippen LogP contribution in [0.3, 0.4) is 0 Å². The molecule has 0 N–H and O–H groups in total. The largest absolute Gasteiger partial charge is 0.339 e. The Morgan fingerprint density at radius 3 is 1.43 bits per heavy atom. The Morgan fingerprint density at radius 1 is 0.627 bits per heavy atom. The first-order chi connectivity index (χ1) is 24.3. The van der Waals surface area contributed by atoms with E-state index < -0.39 is 0 Å². The molecule has 2 aromatic rings. The van der Waals surface area contributed by atoms with Gasteiger partial charge in [0.25, 0.3) is 5.91 Å². The van der Waals surface area contributed by atoms with Crippen molar-refractivity contribution in [2.45, 2.75) is 184 Å². The van der Waals surface area contributed by atoms with E-state index in [2.05, 4.69) is 81.9 Å². The molecule has 0 aliphatic heterocycles. The van der Waals surface area contributed by atoms with Crippen LogP contribution in [0.1, 0.15) is 197 Å². The van der Waals surface area contributed by atoms with Crippen LogP contribution in [0, 0.1) is 25.7 Å². The van der Waals surface area contributed by atoms with Crippen LogP contribution in [0.5, 0.6) is 0 Å². The molecule has 0 aromatic heterocycles. The lowest BCUT2D eigenvalue weighted by Gasteiger charge is -2.25. The Kier molecular flexibility index (Phi) is 33.4. The number of hydrogen-bond donors (Lipinski definition) is 1. The van der Waals surface area contributed by atoms with Crippen LogP contribution in [-0.4, -0.2) is 29.7 Å². The maximum Gasteiger partial charge on any atom is 0.253 e. The molecule has 2 rings (SSSR count). The zero-order valence-corrected chi connectivity index (χ0v) is 36.4. The van der Waals surface area contributed by atoms with Crippen LogP contribution in [0.15, 0.2) is 59.0 Å². The van der Waals surface area contributed by atoms with Gasteiger partial charge in [-0.3, -0.25) is 9.59 Å². The Balaban J connectivity index is 0. The maximum absolute atomic E-state index is 12.8. The van der Waals surface area contributed by atoms with E-state index in [0.29, 0.717) is 11.8 Å². The molecule has 0 fully saturated rings. The monoisotopic (exact) mass is 724 g/mol. The third-order valence-corrected chi connectivity index (χ3v) is 9.20. The van der Waals surface area contributed by atoms with Crippen LogP contribution >= 0.6 is 12.6 Å². The molecule has 0 atom stereocenters. The predicted octanol–water partition coefficient (Wildman–Crippen LogP) is 15.1. The van der Waals surface area contributed by atoms with E-state index in [4.69, 9.17) is 0 Å². The first-order valence-electron chi connectivity index (χ1n) is 20.7. The molecular weight excluding hydrogens is 643 g/mol. The van der Waals surface area contributed by atoms with Crippen molar-refractivity contribution in [3.8, 4) is 0 Å². The molecule has 0 saturated carbocycles. The molecule has 0 bridgehead atoms. The Morgan fingerprint density at radius 2 is 1.04 bits per heavy atom. The van der Waals surface area contributed by atoms with Crippen LogP contribution in [-0.2, 0) is 0 Å². The lowest BCUT2D eigenvalue weighted by atomic mass is 10.0. The van der Waals surface area contributed by atoms with Crippen molar-refractivity contribution in [3.63, 3.8) is 0 Å². The molecule has 0 unspecified atom stereocenters. The molecule has 3 nitrogen and oxygen atoms in total. The van der Waals surface area contributed by atoms with Crippen molar-refractivity contribution in [2.24, 2.45) is 11.8 Å². The standard InChI is InChI=1S/C19H31NO.C12H14OS.C9H20.C7H16/c1-14(2)9-11-20(12-10-15(3)4)19(21)18-8-7-16(5)17(6)13-18;1-3-4-9(2)12(13)10-5-7-11(14)8-6-10;1-3-5-7-9-8-6-4-2;1-3-5-7-6-4-2/h7-8,13-15H,9-12H2,1-6H3;4-8,14H,3H2,1-2H3;3-9H2,1-2H3;3-7H2,1-2H3/b;9-4-;;. The second-order valence-corrected chi connectivity index (χ2v) is 15.5. The fraction of sp³-hybridized carbons (Fsp3) is 0.660. The average Bonchev–Trinajstić information content (AvgIpc) is 3.10. The lowest BCUT2D eigenvalue weighted by molar-refractivity contribution is 0.0740. The Bertz CT molecular complexity index is 1140. The fourth-order valence-corrected chi connectivity index (χ4v) is 5.30. The summed E-state index contributed by atoms with van der Waals surface area (Å²) in [6, 6.07) is 13.3. The molecule has 0 saturated heterocycles. The summed E-state index contributed by atoms with van der Waals surface area (Å²) in [6.45, 7) is 27.6. The molecule has 1 amide bonds. The minimum atomic E-state index is 0.0974. The first-order valence-corrected chi connectivity index (χ1v) is 21.1. The zero-order chi connectivity index (χ0) is 39.0. The van der Waals surface area contributed by atoms with Crippen molar-refractivity contribution in [1.82, 2.24) is 4.90 Å². The van der Waals surface area contributed by atoms with E-state index in [0.717, 1.165) is 53.9 Å². The number of allylic oxidation sites excluding steroid dienone is 2. The molecule has 0 radical (unpaired) electrons. The highest BCUT2D eigenvalue weighted by molar-refractivity contribution is 7.80. The second kappa shape index (κ2) is 33.5. The van der Waals surface area contributed by atoms with Gasteiger partial charge in [0.05, 0.1) is 0 Å². The zero-order valence-electron chi connectivity index (χ0n) is 35.5. The molecule has 292 valence electrons. The number of nitrogens with zero attached hydrogens (tertiary/aromatic N) is 1. The number of ketones is 1. The predicted molar refractivity (Wildman–Crippen MR) is 231 cm³/mol. The molecule has 0 spiro atoms. The minimum Gasteiger partial charge on any atom is -0.339 e. The SMILES string of the molecule is CC/C=C(/C)C(=O)c1ccc(S)cc1.CCCCCCC.CCCCCCCCC.Cc1ccc(C(=O)N(CCC(C)C)CCC(C)C)cc1C. The van der Waals surface area contributed by atoms with E-state index in [-0.39, 0.29) is 11.7 Å². The summed E-state index contributed by atoms with van der Waals surface area (Å²) in [4.78, 5) is 27.4. The van der Waals surface area contributed by atoms with E-state index in [1.54, 1.807) is 12.1 Å². The van der Waals surface area contributed by atoms with Crippen LogP contribution < -0.4 is 0 Å². The summed E-state index contributed by atoms with van der Waals surface area (Å²) >= 11 is 4.17. The number of carbonyl (C=O) groups excluding carboxylic acids is 2. The number of hydrogen-bond acceptors (Lipinski definition) is 3. The number of aryl methyl sites for hydroxylation is 2. The molecular formula is C47H81NO2S. The van der Waals surface area contributed by atoms with Crippen molar-refractivity contribution in [1.29, 1.82) is 0 Å². The van der Waals surface area contributed by atoms with Crippen molar-refractivity contribution in [2.75, 3.05) is 13.1 Å². The number of thiol groups is 1. The van der Waals surface area contributed by atoms with Gasteiger partial charge in [-0.2, -0.15) is 0 Å². The topological polar surface area (TPSA) is 37.4 Å². The molecule has 51 heavy (non-hydrogen) atoms. The summed E-state index contributed by atoms with van der Waals surface area (Å²) in [7, 11) is 0. The normalized spacial score (nSPS) is 10.8. The van der Waals surface area contributed by atoms with Crippen LogP contribution in [0.4, 0.5) is 0 Å². The molecule has 0 heterocycles. The van der Waals surface area contributed by atoms with E-state index in [9.17, 15) is 9.59 Å². The van der Waals surface area contributed by atoms with Gasteiger partial charge in [-0.05, 0) is 105 Å². The molecule has 4 heteroatoms. The minimum absolute atomic E-state index is 0.0974. The third kappa shape index (κ3) is 27.9. The number of amides is 1. The lowest BCUT2D eigenvalue weighted by Crippen LogP contribution is -2.34. The van der Waals surface area contributed by atoms with Gasteiger partial charge in [-0.1, -0.05) is 152 Å². The van der Waals surface area contributed by atoms with Gasteiger partial charge in [0, 0.05) is 29.1 Å². The summed E-state index contributed by atoms with van der Waals surface area (Å²) in [5, 5.41) is 0. The van der Waals surface area contributed by atoms with E-state index in [1.807, 2.05) is 55.2 Å². The maximum atomic E-state index is 12.8. The molecule has 2 aromatic carbocycles. The molecule has 0 aliphatic rings. The summed E-state index contributed by atoms with van der Waals surface area (Å²) in [5.74, 6) is 1.53. The highest BCUT2D eigenvalue weighted by Gasteiger charge is 2.17. The van der Waals surface area contributed by atoms with Crippen molar-refractivity contribution in [3.05, 3.63) is 76.4 Å². The summed E-state index contributed by atoms with van der Waals surface area (Å²) in [6.07, 6.45) is 21.9. The highest BCUT2D eigenvalue weighted by atomic mass is 32.1. The number of Topliss-reactive ketones (excluding diaryl/α,β-unsaturated/α-hetero) is 1. The smallest absolute Gasteiger partial charge is 0.253 e. The van der Waals surface area contributed by atoms with Crippen molar-refractivity contribution < 1.29 is 9.59 Å². The molecule has 0 aliphatic carbocycles. The fourth-order valence-electron chi connectivity index (χ4n) is 5.15. The van der Waals surface area contributed by atoms with Gasteiger partial charge in [0.15, 0.2) is 5.78 Å². The summed E-state index contributed by atoms with van der Waals surface area (Å²) in [5.41, 5.74) is 4.78. The van der Waals surface area contributed by atoms with Crippen LogP contribution in [0.25, 0.3) is 0 Å². The Labute approximate surface area is 323 Å². The number of rotatable bonds is 20. The van der Waals surface area contributed by atoms with E-state index in [1.165, 1.54) is 88.2 Å². The van der Waals surface area contributed by atoms with Crippen molar-refractivity contribution >= 4 is 24.3 Å². The third-order valence-electron chi connectivity index (χ3n) is 8.91. The second-order valence-electron chi connectivity index (χ2n) is 15.0. The highest BCUT2D eigenvalue weighted by Crippen LogP contribution is 2.15. The average molecular weight is 724 g/mol. The van der Waals surface area contributed by atoms with Gasteiger partial charge < -0.3 is 4.90 Å². The van der Waals surface area contributed by atoms with Gasteiger partial charge in [0.2, 0.25) is 0 Å². The first kappa shape index (κ1) is 50.8. The van der Waals surface area contributed by atoms with Gasteiger partial charge in [-0.25, -0.2) is 0 Å². The quantitative estimate of drug-likeness (QED) is 0.0639. The van der Waals surface area contributed by atoms with Crippen LogP contribution in [0.2, 0.25) is 0 Å². The van der Waals surface area contributed by atoms with Gasteiger partial charge in [-0.15, -0.1) is 12.6 Å².